The quantitative estimate of drug-likeness (QED) is 0.589. The van der Waals surface area contributed by atoms with Gasteiger partial charge < -0.3 is 9.47 Å². The molecule has 0 aromatic heterocycles. The molecule has 0 saturated heterocycles. The average molecular weight is 318 g/mol. The maximum Gasteiger partial charge on any atom is 0.311 e. The van der Waals surface area contributed by atoms with Gasteiger partial charge >= 0.3 is 11.9 Å². The molecular weight excluding hydrogens is 292 g/mol. The number of carbonyl (C=O) groups is 2. The van der Waals surface area contributed by atoms with E-state index >= 15 is 0 Å². The lowest BCUT2D eigenvalue weighted by atomic mass is 9.86. The molecule has 1 rings (SSSR count). The lowest BCUT2D eigenvalue weighted by Crippen LogP contribution is -2.10. The van der Waals surface area contributed by atoms with Gasteiger partial charge in [-0.15, -0.1) is 0 Å². The molecule has 126 valence electrons. The SMILES string of the molecule is COC(=O)CCC(=O)O/C=C(\C)Cc1ccc(C(C)(C)C)cc1. The molecule has 4 heteroatoms. The van der Waals surface area contributed by atoms with Gasteiger partial charge in [0, 0.05) is 0 Å². The zero-order valence-electron chi connectivity index (χ0n) is 14.6. The first-order chi connectivity index (χ1) is 10.7. The van der Waals surface area contributed by atoms with Crippen LogP contribution in [0.4, 0.5) is 0 Å². The molecule has 23 heavy (non-hydrogen) atoms. The van der Waals surface area contributed by atoms with Crippen molar-refractivity contribution in [1.82, 2.24) is 0 Å². The minimum Gasteiger partial charge on any atom is -0.469 e. The molecule has 0 amide bonds. The zero-order valence-corrected chi connectivity index (χ0v) is 14.6. The maximum atomic E-state index is 11.5. The Bertz CT molecular complexity index is 562. The number of allylic oxidation sites excluding steroid dienone is 1. The van der Waals surface area contributed by atoms with Crippen LogP contribution < -0.4 is 0 Å². The minimum atomic E-state index is -0.433. The van der Waals surface area contributed by atoms with Crippen molar-refractivity contribution in [3.63, 3.8) is 0 Å². The molecule has 0 radical (unpaired) electrons. The summed E-state index contributed by atoms with van der Waals surface area (Å²) in [7, 11) is 1.29. The molecular formula is C19H26O4. The summed E-state index contributed by atoms with van der Waals surface area (Å²) < 4.78 is 9.52. The van der Waals surface area contributed by atoms with E-state index in [4.69, 9.17) is 4.74 Å². The third kappa shape index (κ3) is 7.13. The average Bonchev–Trinajstić information content (AvgIpc) is 2.50. The highest BCUT2D eigenvalue weighted by molar-refractivity contribution is 5.77. The van der Waals surface area contributed by atoms with Gasteiger partial charge in [-0.05, 0) is 35.5 Å². The summed E-state index contributed by atoms with van der Waals surface area (Å²) in [5, 5.41) is 0. The van der Waals surface area contributed by atoms with Gasteiger partial charge in [-0.2, -0.15) is 0 Å². The second-order valence-corrected chi connectivity index (χ2v) is 6.65. The summed E-state index contributed by atoms with van der Waals surface area (Å²) in [4.78, 5) is 22.4. The number of esters is 2. The van der Waals surface area contributed by atoms with E-state index < -0.39 is 11.9 Å². The smallest absolute Gasteiger partial charge is 0.311 e. The number of carbonyl (C=O) groups excluding carboxylic acids is 2. The van der Waals surface area contributed by atoms with Crippen molar-refractivity contribution in [2.45, 2.75) is 52.4 Å². The van der Waals surface area contributed by atoms with E-state index in [1.54, 1.807) is 0 Å². The Balaban J connectivity index is 2.50. The molecule has 0 N–H and O–H groups in total. The van der Waals surface area contributed by atoms with Crippen molar-refractivity contribution in [2.24, 2.45) is 0 Å². The summed E-state index contributed by atoms with van der Waals surface area (Å²) in [6.07, 6.45) is 2.24. The molecule has 0 unspecified atom stereocenters. The summed E-state index contributed by atoms with van der Waals surface area (Å²) in [5.41, 5.74) is 3.54. The molecule has 0 heterocycles. The fourth-order valence-corrected chi connectivity index (χ4v) is 2.02. The highest BCUT2D eigenvalue weighted by Crippen LogP contribution is 2.22. The molecule has 0 bridgehead atoms. The number of ether oxygens (including phenoxy) is 2. The number of methoxy groups -OCH3 is 1. The largest absolute Gasteiger partial charge is 0.469 e. The van der Waals surface area contributed by atoms with Gasteiger partial charge in [0.1, 0.15) is 0 Å². The van der Waals surface area contributed by atoms with Gasteiger partial charge in [-0.25, -0.2) is 0 Å². The molecule has 1 aromatic carbocycles. The number of hydrogen-bond donors (Lipinski definition) is 0. The van der Waals surface area contributed by atoms with Gasteiger partial charge in [-0.3, -0.25) is 9.59 Å². The summed E-state index contributed by atoms with van der Waals surface area (Å²) in [5.74, 6) is -0.848. The Morgan fingerprint density at radius 1 is 1.04 bits per heavy atom. The highest BCUT2D eigenvalue weighted by atomic mass is 16.5. The summed E-state index contributed by atoms with van der Waals surface area (Å²) in [6.45, 7) is 8.45. The zero-order chi connectivity index (χ0) is 17.5. The van der Waals surface area contributed by atoms with Crippen molar-refractivity contribution in [2.75, 3.05) is 7.11 Å². The topological polar surface area (TPSA) is 52.6 Å². The van der Waals surface area contributed by atoms with Crippen LogP contribution in [0.25, 0.3) is 0 Å². The Kier molecular flexibility index (Phi) is 7.01. The molecule has 0 aliphatic heterocycles. The molecule has 0 spiro atoms. The maximum absolute atomic E-state index is 11.5. The summed E-state index contributed by atoms with van der Waals surface area (Å²) in [6, 6.07) is 8.45. The van der Waals surface area contributed by atoms with Crippen LogP contribution >= 0.6 is 0 Å². The van der Waals surface area contributed by atoms with Crippen LogP contribution in [0, 0.1) is 0 Å². The molecule has 0 fully saturated rings. The molecule has 0 saturated carbocycles. The van der Waals surface area contributed by atoms with Crippen molar-refractivity contribution in [1.29, 1.82) is 0 Å². The lowest BCUT2D eigenvalue weighted by molar-refractivity contribution is -0.146. The standard InChI is InChI=1S/C19H26O4/c1-14(13-23-18(21)11-10-17(20)22-5)12-15-6-8-16(9-7-15)19(2,3)4/h6-9,13H,10-12H2,1-5H3/b14-13+. The minimum absolute atomic E-state index is 0.0245. The number of rotatable bonds is 6. The van der Waals surface area contributed by atoms with E-state index in [1.807, 2.05) is 6.92 Å². The fourth-order valence-electron chi connectivity index (χ4n) is 2.02. The van der Waals surface area contributed by atoms with E-state index in [0.717, 1.165) is 11.1 Å². The van der Waals surface area contributed by atoms with Crippen LogP contribution in [-0.4, -0.2) is 19.0 Å². The summed E-state index contributed by atoms with van der Waals surface area (Å²) >= 11 is 0. The first-order valence-corrected chi connectivity index (χ1v) is 7.73. The highest BCUT2D eigenvalue weighted by Gasteiger charge is 2.12. The second-order valence-electron chi connectivity index (χ2n) is 6.65. The van der Waals surface area contributed by atoms with Crippen molar-refractivity contribution in [3.05, 3.63) is 47.2 Å². The number of hydrogen-bond acceptors (Lipinski definition) is 4. The van der Waals surface area contributed by atoms with Crippen molar-refractivity contribution >= 4 is 11.9 Å². The van der Waals surface area contributed by atoms with Gasteiger partial charge in [0.05, 0.1) is 26.2 Å². The molecule has 4 nitrogen and oxygen atoms in total. The van der Waals surface area contributed by atoms with Gasteiger partial charge in [0.2, 0.25) is 0 Å². The van der Waals surface area contributed by atoms with E-state index in [9.17, 15) is 9.59 Å². The first kappa shape index (κ1) is 18.9. The predicted octanol–water partition coefficient (Wildman–Crippen LogP) is 3.93. The monoisotopic (exact) mass is 318 g/mol. The van der Waals surface area contributed by atoms with Crippen LogP contribution in [0.15, 0.2) is 36.1 Å². The van der Waals surface area contributed by atoms with E-state index in [2.05, 4.69) is 49.8 Å². The normalized spacial score (nSPS) is 12.0. The van der Waals surface area contributed by atoms with Crippen LogP contribution in [0.1, 0.15) is 51.7 Å². The predicted molar refractivity (Wildman–Crippen MR) is 89.9 cm³/mol. The van der Waals surface area contributed by atoms with Crippen LogP contribution in [0.5, 0.6) is 0 Å². The molecule has 0 atom stereocenters. The molecule has 1 aromatic rings. The Labute approximate surface area is 138 Å². The number of benzene rings is 1. The Morgan fingerprint density at radius 3 is 2.13 bits per heavy atom. The van der Waals surface area contributed by atoms with E-state index in [1.165, 1.54) is 18.9 Å². The second kappa shape index (κ2) is 8.51. The van der Waals surface area contributed by atoms with Gasteiger partial charge in [0.15, 0.2) is 0 Å². The fraction of sp³-hybridized carbons (Fsp3) is 0.474. The van der Waals surface area contributed by atoms with Gasteiger partial charge in [-0.1, -0.05) is 45.0 Å². The lowest BCUT2D eigenvalue weighted by Gasteiger charge is -2.19. The van der Waals surface area contributed by atoms with E-state index in [-0.39, 0.29) is 18.3 Å². The molecule has 0 aliphatic rings. The van der Waals surface area contributed by atoms with Crippen molar-refractivity contribution < 1.29 is 19.1 Å². The first-order valence-electron chi connectivity index (χ1n) is 7.73. The molecule has 0 aliphatic carbocycles. The third-order valence-electron chi connectivity index (χ3n) is 3.46. The van der Waals surface area contributed by atoms with Gasteiger partial charge in [0.25, 0.3) is 0 Å². The third-order valence-corrected chi connectivity index (χ3v) is 3.46. The van der Waals surface area contributed by atoms with Crippen LogP contribution in [0.2, 0.25) is 0 Å². The van der Waals surface area contributed by atoms with Crippen molar-refractivity contribution in [3.8, 4) is 0 Å². The Hall–Kier alpha value is -2.10. The van der Waals surface area contributed by atoms with Crippen LogP contribution in [-0.2, 0) is 30.9 Å². The van der Waals surface area contributed by atoms with Crippen LogP contribution in [0.3, 0.4) is 0 Å². The van der Waals surface area contributed by atoms with E-state index in [0.29, 0.717) is 6.42 Å². The Morgan fingerprint density at radius 2 is 1.61 bits per heavy atom.